The number of ketones is 1. The molecule has 1 heterocycles. The summed E-state index contributed by atoms with van der Waals surface area (Å²) < 4.78 is 7.41. The van der Waals surface area contributed by atoms with Crippen molar-refractivity contribution in [3.05, 3.63) is 57.4 Å². The molecule has 0 radical (unpaired) electrons. The van der Waals surface area contributed by atoms with Gasteiger partial charge in [-0.1, -0.05) is 13.8 Å². The zero-order valence-corrected chi connectivity index (χ0v) is 15.5. The second-order valence-electron chi connectivity index (χ2n) is 7.10. The maximum atomic E-state index is 13.2. The number of carbonyl (C=O) groups excluding carboxylic acids is 1. The first-order valence-electron chi connectivity index (χ1n) is 8.25. The van der Waals surface area contributed by atoms with Gasteiger partial charge in [-0.3, -0.25) is 4.79 Å². The lowest BCUT2D eigenvalue weighted by atomic mass is 9.71. The molecule has 3 rings (SSSR count). The summed E-state index contributed by atoms with van der Waals surface area (Å²) >= 11 is 0. The van der Waals surface area contributed by atoms with Crippen LogP contribution in [0.1, 0.15) is 59.2 Å². The van der Waals surface area contributed by atoms with Gasteiger partial charge in [0.1, 0.15) is 5.75 Å². The van der Waals surface area contributed by atoms with Crippen LogP contribution in [0.5, 0.6) is 5.75 Å². The Morgan fingerprint density at radius 2 is 2.04 bits per heavy atom. The van der Waals surface area contributed by atoms with Gasteiger partial charge in [0.15, 0.2) is 5.78 Å². The molecule has 0 saturated carbocycles. The standard InChI is InChI=1S/C21H22N2O2/c1-12(11-22)9-17-13(2)18-19(24)15-8-7-14(25-6)10-16(15)21(3,4)20(18)23(17)5/h7-10H,1-6H3/b12-9+. The molecule has 0 atom stereocenters. The van der Waals surface area contributed by atoms with Gasteiger partial charge in [0.2, 0.25) is 0 Å². The number of aromatic nitrogens is 1. The molecule has 128 valence electrons. The summed E-state index contributed by atoms with van der Waals surface area (Å²) in [6.45, 7) is 7.98. The minimum atomic E-state index is -0.348. The van der Waals surface area contributed by atoms with E-state index >= 15 is 0 Å². The number of nitriles is 1. The molecule has 0 aliphatic heterocycles. The van der Waals surface area contributed by atoms with Gasteiger partial charge in [0, 0.05) is 40.6 Å². The van der Waals surface area contributed by atoms with Gasteiger partial charge in [0.25, 0.3) is 0 Å². The first-order valence-corrected chi connectivity index (χ1v) is 8.25. The quantitative estimate of drug-likeness (QED) is 0.776. The molecule has 0 saturated heterocycles. The summed E-state index contributed by atoms with van der Waals surface area (Å²) in [4.78, 5) is 13.2. The van der Waals surface area contributed by atoms with E-state index in [0.717, 1.165) is 39.4 Å². The number of methoxy groups -OCH3 is 1. The summed E-state index contributed by atoms with van der Waals surface area (Å²) in [6.07, 6.45) is 1.85. The third-order valence-electron chi connectivity index (χ3n) is 5.19. The molecular weight excluding hydrogens is 312 g/mol. The number of allylic oxidation sites excluding steroid dienone is 1. The van der Waals surface area contributed by atoms with Crippen LogP contribution in [0.2, 0.25) is 0 Å². The smallest absolute Gasteiger partial charge is 0.195 e. The van der Waals surface area contributed by atoms with Gasteiger partial charge in [-0.2, -0.15) is 5.26 Å². The highest BCUT2D eigenvalue weighted by molar-refractivity contribution is 6.14. The number of nitrogens with zero attached hydrogens (tertiary/aromatic N) is 2. The van der Waals surface area contributed by atoms with Crippen molar-refractivity contribution in [1.82, 2.24) is 4.57 Å². The molecule has 0 fully saturated rings. The SMILES string of the molecule is COc1ccc2c(c1)C(C)(C)c1c(c(C)c(/C=C(\C)C#N)n1C)C2=O. The molecule has 1 aliphatic rings. The van der Waals surface area contributed by atoms with Crippen molar-refractivity contribution >= 4 is 11.9 Å². The Balaban J connectivity index is 2.36. The van der Waals surface area contributed by atoms with E-state index in [1.54, 1.807) is 14.0 Å². The Kier molecular flexibility index (Phi) is 3.84. The molecule has 4 nitrogen and oxygen atoms in total. The second kappa shape index (κ2) is 5.63. The largest absolute Gasteiger partial charge is 0.497 e. The fourth-order valence-electron chi connectivity index (χ4n) is 3.93. The molecular formula is C21H22N2O2. The van der Waals surface area contributed by atoms with E-state index in [4.69, 9.17) is 10.00 Å². The number of ether oxygens (including phenoxy) is 1. The topological polar surface area (TPSA) is 55.0 Å². The Morgan fingerprint density at radius 1 is 1.36 bits per heavy atom. The molecule has 25 heavy (non-hydrogen) atoms. The van der Waals surface area contributed by atoms with Gasteiger partial charge in [-0.25, -0.2) is 0 Å². The van der Waals surface area contributed by atoms with E-state index in [1.165, 1.54) is 0 Å². The lowest BCUT2D eigenvalue weighted by molar-refractivity contribution is 0.103. The molecule has 1 aliphatic carbocycles. The number of hydrogen-bond donors (Lipinski definition) is 0. The molecule has 2 aromatic rings. The number of fused-ring (bicyclic) bond motifs is 2. The van der Waals surface area contributed by atoms with Crippen LogP contribution in [0, 0.1) is 18.3 Å². The summed E-state index contributed by atoms with van der Waals surface area (Å²) in [5.41, 5.74) is 5.52. The predicted octanol–water partition coefficient (Wildman–Crippen LogP) is 4.14. The average Bonchev–Trinajstić information content (AvgIpc) is 2.84. The van der Waals surface area contributed by atoms with Crippen LogP contribution in [0.3, 0.4) is 0 Å². The number of hydrogen-bond acceptors (Lipinski definition) is 3. The van der Waals surface area contributed by atoms with E-state index < -0.39 is 0 Å². The maximum absolute atomic E-state index is 13.2. The van der Waals surface area contributed by atoms with Crippen molar-refractivity contribution < 1.29 is 9.53 Å². The molecule has 0 bridgehead atoms. The third kappa shape index (κ3) is 2.31. The Morgan fingerprint density at radius 3 is 2.64 bits per heavy atom. The van der Waals surface area contributed by atoms with Crippen molar-refractivity contribution in [2.45, 2.75) is 33.1 Å². The van der Waals surface area contributed by atoms with Crippen LogP contribution in [-0.2, 0) is 12.5 Å². The fraction of sp³-hybridized carbons (Fsp3) is 0.333. The maximum Gasteiger partial charge on any atom is 0.195 e. The summed E-state index contributed by atoms with van der Waals surface area (Å²) in [5.74, 6) is 0.781. The molecule has 1 aromatic heterocycles. The van der Waals surface area contributed by atoms with Gasteiger partial charge in [-0.05, 0) is 49.2 Å². The van der Waals surface area contributed by atoms with E-state index in [-0.39, 0.29) is 11.2 Å². The molecule has 0 amide bonds. The minimum Gasteiger partial charge on any atom is -0.497 e. The predicted molar refractivity (Wildman–Crippen MR) is 98.0 cm³/mol. The monoisotopic (exact) mass is 334 g/mol. The Bertz CT molecular complexity index is 969. The molecule has 0 unspecified atom stereocenters. The van der Waals surface area contributed by atoms with Crippen LogP contribution < -0.4 is 4.74 Å². The van der Waals surface area contributed by atoms with E-state index in [0.29, 0.717) is 5.57 Å². The van der Waals surface area contributed by atoms with Crippen molar-refractivity contribution in [1.29, 1.82) is 5.26 Å². The average molecular weight is 334 g/mol. The van der Waals surface area contributed by atoms with Crippen LogP contribution >= 0.6 is 0 Å². The lowest BCUT2D eigenvalue weighted by Crippen LogP contribution is -2.32. The highest BCUT2D eigenvalue weighted by Gasteiger charge is 2.41. The molecule has 0 spiro atoms. The fourth-order valence-corrected chi connectivity index (χ4v) is 3.93. The number of rotatable bonds is 2. The summed E-state index contributed by atoms with van der Waals surface area (Å²) in [6, 6.07) is 7.79. The molecule has 1 aromatic carbocycles. The zero-order chi connectivity index (χ0) is 18.5. The second-order valence-corrected chi connectivity index (χ2v) is 7.10. The Hall–Kier alpha value is -2.80. The summed E-state index contributed by atoms with van der Waals surface area (Å²) in [5, 5.41) is 9.13. The van der Waals surface area contributed by atoms with Crippen molar-refractivity contribution in [3.8, 4) is 11.8 Å². The van der Waals surface area contributed by atoms with E-state index in [1.807, 2.05) is 42.8 Å². The van der Waals surface area contributed by atoms with Crippen LogP contribution in [0.25, 0.3) is 6.08 Å². The van der Waals surface area contributed by atoms with Crippen molar-refractivity contribution in [3.63, 3.8) is 0 Å². The first kappa shape index (κ1) is 17.0. The summed E-state index contributed by atoms with van der Waals surface area (Å²) in [7, 11) is 3.59. The van der Waals surface area contributed by atoms with Crippen molar-refractivity contribution in [2.24, 2.45) is 7.05 Å². The lowest BCUT2D eigenvalue weighted by Gasteiger charge is -2.34. The van der Waals surface area contributed by atoms with Gasteiger partial charge in [0.05, 0.1) is 13.2 Å². The van der Waals surface area contributed by atoms with Crippen molar-refractivity contribution in [2.75, 3.05) is 7.11 Å². The minimum absolute atomic E-state index is 0.0364. The number of benzene rings is 1. The highest BCUT2D eigenvalue weighted by atomic mass is 16.5. The third-order valence-corrected chi connectivity index (χ3v) is 5.19. The Labute approximate surface area is 148 Å². The zero-order valence-electron chi connectivity index (χ0n) is 15.5. The highest BCUT2D eigenvalue weighted by Crippen LogP contribution is 2.45. The van der Waals surface area contributed by atoms with Gasteiger partial charge in [-0.15, -0.1) is 0 Å². The number of carbonyl (C=O) groups is 1. The van der Waals surface area contributed by atoms with Gasteiger partial charge >= 0.3 is 0 Å². The molecule has 0 N–H and O–H groups in total. The van der Waals surface area contributed by atoms with Crippen LogP contribution in [0.15, 0.2) is 23.8 Å². The first-order chi connectivity index (χ1) is 11.7. The van der Waals surface area contributed by atoms with Crippen LogP contribution in [0.4, 0.5) is 0 Å². The normalized spacial score (nSPS) is 15.4. The van der Waals surface area contributed by atoms with E-state index in [2.05, 4.69) is 19.9 Å². The van der Waals surface area contributed by atoms with Crippen LogP contribution in [-0.4, -0.2) is 17.5 Å². The van der Waals surface area contributed by atoms with Gasteiger partial charge < -0.3 is 9.30 Å². The van der Waals surface area contributed by atoms with E-state index in [9.17, 15) is 4.79 Å². The molecule has 4 heteroatoms.